The maximum atomic E-state index is 15.3. The first-order valence-electron chi connectivity index (χ1n) is 15.7. The molecule has 2 heterocycles. The molecule has 1 amide bonds. The number of likely N-dealkylation sites (tertiary alicyclic amines) is 1. The van der Waals surface area contributed by atoms with E-state index in [9.17, 15) is 9.59 Å². The zero-order valence-corrected chi connectivity index (χ0v) is 24.7. The maximum Gasteiger partial charge on any atom is 0.310 e. The van der Waals surface area contributed by atoms with Crippen LogP contribution in [0.3, 0.4) is 0 Å². The van der Waals surface area contributed by atoms with Crippen LogP contribution in [0.4, 0.5) is 0 Å². The predicted molar refractivity (Wildman–Crippen MR) is 163 cm³/mol. The molecule has 0 radical (unpaired) electrons. The number of fused-ring (bicyclic) bond motifs is 1. The molecule has 0 aromatic heterocycles. The van der Waals surface area contributed by atoms with E-state index in [2.05, 4.69) is 24.3 Å². The van der Waals surface area contributed by atoms with Crippen LogP contribution in [0.2, 0.25) is 0 Å². The Morgan fingerprint density at radius 2 is 1.55 bits per heavy atom. The maximum absolute atomic E-state index is 15.3. The zero-order valence-electron chi connectivity index (χ0n) is 24.7. The number of benzene rings is 3. The van der Waals surface area contributed by atoms with E-state index in [1.807, 2.05) is 59.5 Å². The summed E-state index contributed by atoms with van der Waals surface area (Å²) < 4.78 is 16.6. The van der Waals surface area contributed by atoms with Gasteiger partial charge >= 0.3 is 5.97 Å². The van der Waals surface area contributed by atoms with E-state index < -0.39 is 29.1 Å². The normalized spacial score (nSPS) is 29.6. The van der Waals surface area contributed by atoms with Crippen molar-refractivity contribution in [3.8, 4) is 11.5 Å². The molecule has 4 aliphatic carbocycles. The lowest BCUT2D eigenvalue weighted by Gasteiger charge is -2.53. The fourth-order valence-corrected chi connectivity index (χ4v) is 8.99. The average Bonchev–Trinajstić information content (AvgIpc) is 3.63. The Balaban J connectivity index is 1.31. The van der Waals surface area contributed by atoms with Crippen LogP contribution in [0.25, 0.3) is 6.08 Å². The summed E-state index contributed by atoms with van der Waals surface area (Å²) in [7, 11) is 1.39. The summed E-state index contributed by atoms with van der Waals surface area (Å²) in [5, 5.41) is 0. The van der Waals surface area contributed by atoms with Crippen LogP contribution < -0.4 is 9.47 Å². The van der Waals surface area contributed by atoms with Gasteiger partial charge in [0.05, 0.1) is 18.4 Å². The third-order valence-corrected chi connectivity index (χ3v) is 10.8. The predicted octanol–water partition coefficient (Wildman–Crippen LogP) is 5.71. The molecule has 2 aliphatic heterocycles. The van der Waals surface area contributed by atoms with Crippen molar-refractivity contribution in [2.45, 2.75) is 37.5 Å². The number of allylic oxidation sites excluding steroid dienone is 1. The van der Waals surface area contributed by atoms with E-state index in [-0.39, 0.29) is 30.3 Å². The molecule has 1 saturated carbocycles. The fraction of sp³-hybridized carbons (Fsp3) is 0.378. The summed E-state index contributed by atoms with van der Waals surface area (Å²) in [5.74, 6) is -2.25. The molecular weight excluding hydrogens is 554 g/mol. The summed E-state index contributed by atoms with van der Waals surface area (Å²) in [6, 6.07) is 22.3. The molecule has 4 atom stereocenters. The van der Waals surface area contributed by atoms with Gasteiger partial charge in [0.15, 0.2) is 17.3 Å². The summed E-state index contributed by atoms with van der Waals surface area (Å²) in [5.41, 5.74) is 4.30. The van der Waals surface area contributed by atoms with Crippen molar-refractivity contribution in [1.29, 1.82) is 0 Å². The van der Waals surface area contributed by atoms with E-state index in [4.69, 9.17) is 14.2 Å². The van der Waals surface area contributed by atoms with Gasteiger partial charge in [-0.25, -0.2) is 0 Å². The Morgan fingerprint density at radius 3 is 2.23 bits per heavy atom. The van der Waals surface area contributed by atoms with Crippen molar-refractivity contribution in [3.63, 3.8) is 0 Å². The highest BCUT2D eigenvalue weighted by atomic mass is 16.7. The molecule has 2 fully saturated rings. The molecule has 224 valence electrons. The zero-order chi connectivity index (χ0) is 30.0. The van der Waals surface area contributed by atoms with Crippen molar-refractivity contribution >= 4 is 23.7 Å². The molecule has 0 N–H and O–H groups in total. The molecule has 3 aromatic rings. The number of amides is 1. The molecule has 9 rings (SSSR count). The quantitative estimate of drug-likeness (QED) is 0.286. The lowest BCUT2D eigenvalue weighted by molar-refractivity contribution is -0.154. The largest absolute Gasteiger partial charge is 0.469 e. The Kier molecular flexibility index (Phi) is 6.40. The van der Waals surface area contributed by atoms with Crippen LogP contribution in [-0.4, -0.2) is 49.6 Å². The van der Waals surface area contributed by atoms with Gasteiger partial charge in [-0.1, -0.05) is 66.7 Å². The second kappa shape index (κ2) is 10.4. The number of piperidine rings is 1. The topological polar surface area (TPSA) is 82.1 Å². The minimum Gasteiger partial charge on any atom is -0.469 e. The van der Waals surface area contributed by atoms with Gasteiger partial charge in [-0.05, 0) is 65.6 Å². The van der Waals surface area contributed by atoms with Crippen molar-refractivity contribution in [3.05, 3.63) is 101 Å². The molecule has 44 heavy (non-hydrogen) atoms. The summed E-state index contributed by atoms with van der Waals surface area (Å²) >= 11 is 0. The van der Waals surface area contributed by atoms with Crippen LogP contribution >= 0.6 is 0 Å². The molecule has 6 aliphatic rings. The van der Waals surface area contributed by atoms with Crippen LogP contribution in [-0.2, 0) is 19.1 Å². The Morgan fingerprint density at radius 1 is 0.886 bits per heavy atom. The number of rotatable bonds is 4. The smallest absolute Gasteiger partial charge is 0.310 e. The van der Waals surface area contributed by atoms with Gasteiger partial charge in [-0.15, -0.1) is 0 Å². The molecule has 1 saturated heterocycles. The van der Waals surface area contributed by atoms with Gasteiger partial charge in [0.1, 0.15) is 5.92 Å². The monoisotopic (exact) mass is 589 g/mol. The number of carbonyl (C=O) groups is 3. The number of hydrogen-bond donors (Lipinski definition) is 0. The molecule has 7 heteroatoms. The Labute approximate surface area is 256 Å². The van der Waals surface area contributed by atoms with Gasteiger partial charge < -0.3 is 19.1 Å². The minimum atomic E-state index is -1.11. The highest BCUT2D eigenvalue weighted by Crippen LogP contribution is 2.69. The van der Waals surface area contributed by atoms with Gasteiger partial charge in [-0.2, -0.15) is 0 Å². The molecule has 0 unspecified atom stereocenters. The van der Waals surface area contributed by atoms with Crippen molar-refractivity contribution in [2.24, 2.45) is 23.2 Å². The number of Topliss-reactive ketones (excluding diaryl/α,β-unsaturated/α-hetero) is 1. The van der Waals surface area contributed by atoms with Gasteiger partial charge in [0, 0.05) is 30.8 Å². The van der Waals surface area contributed by atoms with E-state index in [1.54, 1.807) is 0 Å². The lowest BCUT2D eigenvalue weighted by atomic mass is 9.48. The van der Waals surface area contributed by atoms with E-state index in [1.165, 1.54) is 18.2 Å². The molecule has 1 spiro atoms. The van der Waals surface area contributed by atoms with Crippen LogP contribution in [0, 0.1) is 23.2 Å². The number of carbonyl (C=O) groups excluding carboxylic acids is 3. The number of hydrogen-bond acceptors (Lipinski definition) is 6. The molecule has 3 aromatic carbocycles. The second-order valence-electron chi connectivity index (χ2n) is 12.8. The highest BCUT2D eigenvalue weighted by Gasteiger charge is 2.71. The van der Waals surface area contributed by atoms with Gasteiger partial charge in [0.25, 0.3) is 0 Å². The van der Waals surface area contributed by atoms with E-state index >= 15 is 4.79 Å². The first-order chi connectivity index (χ1) is 21.5. The number of nitrogens with zero attached hydrogens (tertiary/aromatic N) is 1. The SMILES string of the molecule is COC(=O)[C@@H]1[C@H](/C=C/c2ccc3c(c2)OCO3)[C@@H](C(=O)N2CCCCC2)C(=O)[C@@]12CC1c3ccccc3C2c2ccccc21. The van der Waals surface area contributed by atoms with Crippen molar-refractivity contribution < 1.29 is 28.6 Å². The van der Waals surface area contributed by atoms with Crippen molar-refractivity contribution in [1.82, 2.24) is 4.90 Å². The highest BCUT2D eigenvalue weighted by molar-refractivity contribution is 6.10. The molecular formula is C37H35NO6. The second-order valence-corrected chi connectivity index (χ2v) is 12.8. The van der Waals surface area contributed by atoms with E-state index in [0.717, 1.165) is 36.0 Å². The third kappa shape index (κ3) is 3.84. The van der Waals surface area contributed by atoms with Crippen LogP contribution in [0.5, 0.6) is 11.5 Å². The summed E-state index contributed by atoms with van der Waals surface area (Å²) in [4.78, 5) is 45.6. The van der Waals surface area contributed by atoms with Gasteiger partial charge in [-0.3, -0.25) is 14.4 Å². The average molecular weight is 590 g/mol. The summed E-state index contributed by atoms with van der Waals surface area (Å²) in [6.45, 7) is 1.44. The standard InChI is InChI=1S/C37H35NO6/c1-42-36(41)33-27(15-13-22-14-16-29-30(19-22)44-21-43-29)31(35(40)38-17-7-2-8-18-38)34(39)37(33)20-28-23-9-3-5-11-25(23)32(37)26-12-6-4-10-24(26)28/h3-6,9-16,19,27-28,31-33H,2,7-8,17-18,20-21H2,1H3/b15-13+/t27-,28?,31-,32?,33+,37-/m1/s1. The first-order valence-corrected chi connectivity index (χ1v) is 15.7. The minimum absolute atomic E-state index is 0.0502. The number of ether oxygens (including phenoxy) is 3. The lowest BCUT2D eigenvalue weighted by Crippen LogP contribution is -2.51. The first kappa shape index (κ1) is 27.2. The molecule has 2 bridgehead atoms. The van der Waals surface area contributed by atoms with E-state index in [0.29, 0.717) is 31.0 Å². The van der Waals surface area contributed by atoms with Gasteiger partial charge in [0.2, 0.25) is 12.7 Å². The Bertz CT molecular complexity index is 1660. The fourth-order valence-electron chi connectivity index (χ4n) is 8.99. The van der Waals surface area contributed by atoms with Crippen LogP contribution in [0.15, 0.2) is 72.8 Å². The number of esters is 1. The summed E-state index contributed by atoms with van der Waals surface area (Å²) in [6.07, 6.45) is 7.21. The molecule has 7 nitrogen and oxygen atoms in total. The number of ketones is 1. The Hall–Kier alpha value is -4.39. The van der Waals surface area contributed by atoms with Crippen LogP contribution in [0.1, 0.15) is 65.3 Å². The number of methoxy groups -OCH3 is 1. The third-order valence-electron chi connectivity index (χ3n) is 10.8. The van der Waals surface area contributed by atoms with Crippen molar-refractivity contribution in [2.75, 3.05) is 27.0 Å².